The summed E-state index contributed by atoms with van der Waals surface area (Å²) in [7, 11) is 0. The molecule has 0 saturated carbocycles. The monoisotopic (exact) mass is 560 g/mol. The van der Waals surface area contributed by atoms with Gasteiger partial charge in [-0.1, -0.05) is 40.7 Å². The second-order valence-electron chi connectivity index (χ2n) is 11.9. The molecule has 0 amide bonds. The molecular weight excluding hydrogens is 524 g/mol. The summed E-state index contributed by atoms with van der Waals surface area (Å²) in [5.74, 6) is 0.215. The predicted molar refractivity (Wildman–Crippen MR) is 164 cm³/mol. The SMILES string of the molecule is CC(CNC(=S)Nc1ccc(-c2c3ccc(=O)cc-3oc3cc(O)ccc23)c(C(=O)O)c1)CC(C)CC(C)(C)C. The second kappa shape index (κ2) is 11.7. The summed E-state index contributed by atoms with van der Waals surface area (Å²) in [5, 5.41) is 27.6. The number of hydrogen-bond acceptors (Lipinski definition) is 5. The number of phenolic OH excluding ortho intramolecular Hbond substituents is 1. The van der Waals surface area contributed by atoms with Crippen LogP contribution in [0.15, 0.2) is 63.8 Å². The van der Waals surface area contributed by atoms with E-state index in [9.17, 15) is 19.8 Å². The first kappa shape index (κ1) is 29.1. The number of aromatic carboxylic acids is 1. The third-order valence-electron chi connectivity index (χ3n) is 6.83. The van der Waals surface area contributed by atoms with Crippen LogP contribution in [0.1, 0.15) is 57.8 Å². The molecule has 1 aliphatic heterocycles. The summed E-state index contributed by atoms with van der Waals surface area (Å²) >= 11 is 5.51. The van der Waals surface area contributed by atoms with Crippen molar-refractivity contribution in [1.82, 2.24) is 5.32 Å². The first-order valence-corrected chi connectivity index (χ1v) is 13.8. The number of phenols is 1. The van der Waals surface area contributed by atoms with Crippen LogP contribution >= 0.6 is 12.2 Å². The van der Waals surface area contributed by atoms with E-state index in [0.717, 1.165) is 12.8 Å². The van der Waals surface area contributed by atoms with E-state index in [2.05, 4.69) is 45.3 Å². The summed E-state index contributed by atoms with van der Waals surface area (Å²) in [4.78, 5) is 24.5. The van der Waals surface area contributed by atoms with Crippen molar-refractivity contribution in [2.45, 2.75) is 47.5 Å². The maximum Gasteiger partial charge on any atom is 0.336 e. The highest BCUT2D eigenvalue weighted by atomic mass is 32.1. The van der Waals surface area contributed by atoms with Crippen LogP contribution in [0.5, 0.6) is 5.75 Å². The number of hydrogen-bond donors (Lipinski definition) is 4. The molecule has 2 atom stereocenters. The Balaban J connectivity index is 1.60. The van der Waals surface area contributed by atoms with E-state index in [4.69, 9.17) is 16.6 Å². The van der Waals surface area contributed by atoms with Gasteiger partial charge in [0.25, 0.3) is 0 Å². The average molecular weight is 561 g/mol. The molecule has 0 spiro atoms. The van der Waals surface area contributed by atoms with Gasteiger partial charge in [-0.2, -0.15) is 0 Å². The zero-order chi connectivity index (χ0) is 29.2. The largest absolute Gasteiger partial charge is 0.508 e. The van der Waals surface area contributed by atoms with E-state index in [0.29, 0.717) is 68.0 Å². The van der Waals surface area contributed by atoms with E-state index >= 15 is 0 Å². The van der Waals surface area contributed by atoms with Crippen LogP contribution in [0, 0.1) is 17.3 Å². The number of benzene rings is 3. The molecule has 2 aromatic rings. The van der Waals surface area contributed by atoms with Gasteiger partial charge in [-0.05, 0) is 84.3 Å². The van der Waals surface area contributed by atoms with Gasteiger partial charge in [-0.15, -0.1) is 0 Å². The molecule has 1 aliphatic carbocycles. The van der Waals surface area contributed by atoms with Crippen molar-refractivity contribution < 1.29 is 19.4 Å². The van der Waals surface area contributed by atoms with Crippen molar-refractivity contribution >= 4 is 40.0 Å². The molecule has 0 bridgehead atoms. The van der Waals surface area contributed by atoms with Crippen molar-refractivity contribution in [1.29, 1.82) is 0 Å². The van der Waals surface area contributed by atoms with Gasteiger partial charge in [-0.25, -0.2) is 4.79 Å². The first-order chi connectivity index (χ1) is 18.8. The van der Waals surface area contributed by atoms with Gasteiger partial charge in [-0.3, -0.25) is 4.79 Å². The normalized spacial score (nSPS) is 13.2. The van der Waals surface area contributed by atoms with Gasteiger partial charge >= 0.3 is 5.97 Å². The lowest BCUT2D eigenvalue weighted by molar-refractivity contribution is 0.0697. The minimum Gasteiger partial charge on any atom is -0.508 e. The van der Waals surface area contributed by atoms with Crippen LogP contribution in [-0.2, 0) is 0 Å². The van der Waals surface area contributed by atoms with Crippen LogP contribution in [0.4, 0.5) is 5.69 Å². The number of anilines is 1. The van der Waals surface area contributed by atoms with Crippen molar-refractivity contribution in [3.8, 4) is 28.2 Å². The third-order valence-corrected chi connectivity index (χ3v) is 7.08. The molecule has 2 aromatic carbocycles. The number of fused-ring (bicyclic) bond motifs is 2. The van der Waals surface area contributed by atoms with Crippen molar-refractivity contribution in [2.24, 2.45) is 17.3 Å². The minimum atomic E-state index is -1.11. The van der Waals surface area contributed by atoms with Crippen LogP contribution in [0.3, 0.4) is 0 Å². The zero-order valence-electron chi connectivity index (χ0n) is 23.5. The molecule has 2 unspecified atom stereocenters. The first-order valence-electron chi connectivity index (χ1n) is 13.4. The maximum atomic E-state index is 12.4. The third kappa shape index (κ3) is 6.99. The molecule has 4 N–H and O–H groups in total. The quantitative estimate of drug-likeness (QED) is 0.131. The fraction of sp³-hybridized carbons (Fsp3) is 0.344. The summed E-state index contributed by atoms with van der Waals surface area (Å²) in [6.07, 6.45) is 2.24. The zero-order valence-corrected chi connectivity index (χ0v) is 24.3. The Bertz CT molecular complexity index is 1590. The highest BCUT2D eigenvalue weighted by Crippen LogP contribution is 2.42. The van der Waals surface area contributed by atoms with E-state index in [1.807, 2.05) is 0 Å². The lowest BCUT2D eigenvalue weighted by Gasteiger charge is -2.25. The van der Waals surface area contributed by atoms with Gasteiger partial charge in [0.15, 0.2) is 10.5 Å². The number of carboxylic acids is 1. The summed E-state index contributed by atoms with van der Waals surface area (Å²) < 4.78 is 5.90. The Morgan fingerprint density at radius 1 is 1.00 bits per heavy atom. The van der Waals surface area contributed by atoms with Crippen molar-refractivity contribution in [3.63, 3.8) is 0 Å². The topological polar surface area (TPSA) is 112 Å². The maximum absolute atomic E-state index is 12.4. The Morgan fingerprint density at radius 3 is 2.42 bits per heavy atom. The molecule has 0 radical (unpaired) electrons. The predicted octanol–water partition coefficient (Wildman–Crippen LogP) is 7.35. The molecule has 210 valence electrons. The number of rotatable bonds is 8. The lowest BCUT2D eigenvalue weighted by atomic mass is 9.82. The highest BCUT2D eigenvalue weighted by Gasteiger charge is 2.23. The molecular formula is C32H36N2O5S. The molecule has 7 nitrogen and oxygen atoms in total. The van der Waals surface area contributed by atoms with Gasteiger partial charge in [0.05, 0.1) is 5.56 Å². The molecule has 0 saturated heterocycles. The van der Waals surface area contributed by atoms with Crippen molar-refractivity contribution in [2.75, 3.05) is 11.9 Å². The summed E-state index contributed by atoms with van der Waals surface area (Å²) in [5.41, 5.74) is 2.64. The fourth-order valence-corrected chi connectivity index (χ4v) is 5.71. The number of thiocarbonyl (C=S) groups is 1. The molecule has 0 aromatic heterocycles. The van der Waals surface area contributed by atoms with E-state index < -0.39 is 5.97 Å². The number of aromatic hydroxyl groups is 1. The molecule has 2 aliphatic rings. The fourth-order valence-electron chi connectivity index (χ4n) is 5.51. The second-order valence-corrected chi connectivity index (χ2v) is 12.3. The molecule has 1 heterocycles. The Kier molecular flexibility index (Phi) is 8.49. The smallest absolute Gasteiger partial charge is 0.336 e. The standard InChI is InChI=1S/C32H36N2O5S/c1-18(16-32(3,4)5)12-19(2)17-33-31(40)34-20-6-9-23(26(13-20)30(37)38)29-24-10-7-21(35)14-27(24)39-28-15-22(36)8-11-25(28)29/h6-11,13-15,18-19,35H,12,16-17H2,1-5H3,(H,37,38)(H2,33,34,40). The number of nitrogens with one attached hydrogen (secondary N) is 2. The molecule has 4 rings (SSSR count). The van der Waals surface area contributed by atoms with Gasteiger partial charge < -0.3 is 25.3 Å². The molecule has 0 fully saturated rings. The summed E-state index contributed by atoms with van der Waals surface area (Å²) in [6.45, 7) is 12.0. The van der Waals surface area contributed by atoms with Crippen molar-refractivity contribution in [3.05, 3.63) is 70.4 Å². The summed E-state index contributed by atoms with van der Waals surface area (Å²) in [6, 6.07) is 14.1. The van der Waals surface area contributed by atoms with E-state index in [1.165, 1.54) is 24.3 Å². The Hall–Kier alpha value is -3.91. The Labute approximate surface area is 239 Å². The number of carboxylic acid groups (broad SMARTS) is 1. The Morgan fingerprint density at radius 2 is 1.73 bits per heavy atom. The van der Waals surface area contributed by atoms with Gasteiger partial charge in [0.1, 0.15) is 17.1 Å². The van der Waals surface area contributed by atoms with Crippen LogP contribution in [-0.4, -0.2) is 27.8 Å². The van der Waals surface area contributed by atoms with E-state index in [-0.39, 0.29) is 16.7 Å². The molecule has 40 heavy (non-hydrogen) atoms. The lowest BCUT2D eigenvalue weighted by Crippen LogP contribution is -2.32. The van der Waals surface area contributed by atoms with Gasteiger partial charge in [0.2, 0.25) is 0 Å². The van der Waals surface area contributed by atoms with Crippen LogP contribution < -0.4 is 16.1 Å². The molecule has 8 heteroatoms. The van der Waals surface area contributed by atoms with Crippen LogP contribution in [0.25, 0.3) is 33.4 Å². The minimum absolute atomic E-state index is 0.00294. The average Bonchev–Trinajstić information content (AvgIpc) is 2.84. The number of carbonyl (C=O) groups is 1. The van der Waals surface area contributed by atoms with E-state index in [1.54, 1.807) is 30.3 Å². The van der Waals surface area contributed by atoms with Gasteiger partial charge in [0, 0.05) is 40.9 Å². The van der Waals surface area contributed by atoms with Crippen LogP contribution in [0.2, 0.25) is 0 Å². The highest BCUT2D eigenvalue weighted by molar-refractivity contribution is 7.80.